The van der Waals surface area contributed by atoms with Crippen LogP contribution in [-0.4, -0.2) is 37.0 Å². The Morgan fingerprint density at radius 1 is 1.24 bits per heavy atom. The molecule has 2 aromatic rings. The van der Waals surface area contributed by atoms with E-state index in [1.54, 1.807) is 0 Å². The summed E-state index contributed by atoms with van der Waals surface area (Å²) in [5.74, 6) is 1.19. The van der Waals surface area contributed by atoms with Crippen LogP contribution in [0.3, 0.4) is 0 Å². The summed E-state index contributed by atoms with van der Waals surface area (Å²) in [6.07, 6.45) is 3.48. The minimum absolute atomic E-state index is 0.575. The fourth-order valence-corrected chi connectivity index (χ4v) is 4.08. The van der Waals surface area contributed by atoms with Crippen molar-refractivity contribution in [2.75, 3.05) is 26.2 Å². The lowest BCUT2D eigenvalue weighted by Crippen LogP contribution is -2.37. The molecule has 3 N–H and O–H groups in total. The van der Waals surface area contributed by atoms with Gasteiger partial charge in [0.1, 0.15) is 0 Å². The van der Waals surface area contributed by atoms with Crippen molar-refractivity contribution in [1.82, 2.24) is 10.2 Å². The van der Waals surface area contributed by atoms with Crippen LogP contribution in [0.2, 0.25) is 0 Å². The number of thiophene rings is 1. The van der Waals surface area contributed by atoms with E-state index in [0.717, 1.165) is 32.6 Å². The van der Waals surface area contributed by atoms with Crippen molar-refractivity contribution in [3.8, 4) is 0 Å². The predicted molar refractivity (Wildman–Crippen MR) is 107 cm³/mol. The lowest BCUT2D eigenvalue weighted by molar-refractivity contribution is 0.172. The van der Waals surface area contributed by atoms with Crippen LogP contribution in [-0.2, 0) is 13.0 Å². The Balaban J connectivity index is 1.38. The molecule has 1 aromatic heterocycles. The van der Waals surface area contributed by atoms with Crippen LogP contribution < -0.4 is 11.1 Å². The van der Waals surface area contributed by atoms with Gasteiger partial charge in [-0.15, -0.1) is 11.3 Å². The Bertz CT molecular complexity index is 639. The van der Waals surface area contributed by atoms with Crippen LogP contribution in [0.5, 0.6) is 0 Å². The Kier molecular flexibility index (Phi) is 6.89. The van der Waals surface area contributed by atoms with Gasteiger partial charge in [-0.25, -0.2) is 0 Å². The number of piperidine rings is 1. The number of benzene rings is 1. The van der Waals surface area contributed by atoms with Gasteiger partial charge in [-0.1, -0.05) is 36.4 Å². The third kappa shape index (κ3) is 6.18. The number of hydrogen-bond donors (Lipinski definition) is 2. The molecule has 5 heteroatoms. The first-order chi connectivity index (χ1) is 12.3. The maximum absolute atomic E-state index is 6.03. The van der Waals surface area contributed by atoms with Crippen LogP contribution in [0.4, 0.5) is 0 Å². The van der Waals surface area contributed by atoms with Crippen molar-refractivity contribution in [1.29, 1.82) is 0 Å². The second kappa shape index (κ2) is 9.59. The summed E-state index contributed by atoms with van der Waals surface area (Å²) in [6.45, 7) is 5.05. The van der Waals surface area contributed by atoms with Crippen LogP contribution >= 0.6 is 11.3 Å². The molecule has 0 amide bonds. The fraction of sp³-hybridized carbons (Fsp3) is 0.450. The van der Waals surface area contributed by atoms with Crippen LogP contribution in [0, 0.1) is 5.92 Å². The molecule has 4 nitrogen and oxygen atoms in total. The number of aliphatic imine (C=N–C) groups is 1. The van der Waals surface area contributed by atoms with E-state index in [1.165, 1.54) is 29.8 Å². The summed E-state index contributed by atoms with van der Waals surface area (Å²) in [6, 6.07) is 14.8. The number of nitrogens with two attached hydrogens (primary N) is 1. The van der Waals surface area contributed by atoms with Gasteiger partial charge in [0.2, 0.25) is 0 Å². The van der Waals surface area contributed by atoms with E-state index in [9.17, 15) is 0 Å². The van der Waals surface area contributed by atoms with Crippen molar-refractivity contribution in [2.24, 2.45) is 16.6 Å². The molecule has 134 valence electrons. The number of hydrogen-bond acceptors (Lipinski definition) is 3. The normalized spacial score (nSPS) is 19.0. The highest BCUT2D eigenvalue weighted by Gasteiger charge is 2.19. The first kappa shape index (κ1) is 18.0. The smallest absolute Gasteiger partial charge is 0.188 e. The molecular weight excluding hydrogens is 328 g/mol. The minimum Gasteiger partial charge on any atom is -0.370 e. The average Bonchev–Trinajstić information content (AvgIpc) is 3.14. The van der Waals surface area contributed by atoms with Crippen molar-refractivity contribution >= 4 is 17.3 Å². The van der Waals surface area contributed by atoms with Crippen molar-refractivity contribution in [3.05, 3.63) is 58.3 Å². The van der Waals surface area contributed by atoms with Crippen molar-refractivity contribution in [2.45, 2.75) is 25.8 Å². The van der Waals surface area contributed by atoms with Gasteiger partial charge >= 0.3 is 0 Å². The lowest BCUT2D eigenvalue weighted by Gasteiger charge is -2.31. The van der Waals surface area contributed by atoms with Gasteiger partial charge < -0.3 is 11.1 Å². The molecule has 2 heterocycles. The summed E-state index contributed by atoms with van der Waals surface area (Å²) in [5.41, 5.74) is 7.35. The molecular formula is C20H28N4S. The summed E-state index contributed by atoms with van der Waals surface area (Å²) in [7, 11) is 0. The number of guanidine groups is 1. The predicted octanol–water partition coefficient (Wildman–Crippen LogP) is 3.11. The molecule has 0 saturated carbocycles. The molecule has 1 unspecified atom stereocenters. The maximum Gasteiger partial charge on any atom is 0.188 e. The van der Waals surface area contributed by atoms with Crippen molar-refractivity contribution < 1.29 is 0 Å². The summed E-state index contributed by atoms with van der Waals surface area (Å²) in [4.78, 5) is 8.57. The summed E-state index contributed by atoms with van der Waals surface area (Å²) in [5, 5.41) is 5.39. The van der Waals surface area contributed by atoms with E-state index in [-0.39, 0.29) is 0 Å². The third-order valence-electron chi connectivity index (χ3n) is 4.65. The van der Waals surface area contributed by atoms with E-state index in [2.05, 4.69) is 57.0 Å². The minimum atomic E-state index is 0.575. The first-order valence-corrected chi connectivity index (χ1v) is 10.00. The fourth-order valence-electron chi connectivity index (χ4n) is 3.33. The Hall–Kier alpha value is -1.85. The molecule has 1 aliphatic heterocycles. The Labute approximate surface area is 154 Å². The van der Waals surface area contributed by atoms with E-state index in [1.807, 2.05) is 17.4 Å². The first-order valence-electron chi connectivity index (χ1n) is 9.12. The molecule has 1 aromatic carbocycles. The van der Waals surface area contributed by atoms with Gasteiger partial charge in [-0.3, -0.25) is 9.89 Å². The molecule has 0 bridgehead atoms. The third-order valence-corrected chi connectivity index (χ3v) is 5.51. The number of rotatable bonds is 7. The maximum atomic E-state index is 6.03. The zero-order valence-corrected chi connectivity index (χ0v) is 15.5. The monoisotopic (exact) mass is 356 g/mol. The Morgan fingerprint density at radius 2 is 2.12 bits per heavy atom. The topological polar surface area (TPSA) is 53.6 Å². The molecule has 1 saturated heterocycles. The molecule has 1 fully saturated rings. The molecule has 0 aliphatic carbocycles. The zero-order chi connectivity index (χ0) is 17.3. The zero-order valence-electron chi connectivity index (χ0n) is 14.7. The molecule has 0 spiro atoms. The van der Waals surface area contributed by atoms with Gasteiger partial charge in [0, 0.05) is 31.1 Å². The van der Waals surface area contributed by atoms with Gasteiger partial charge in [0.15, 0.2) is 5.96 Å². The van der Waals surface area contributed by atoms with Crippen molar-refractivity contribution in [3.63, 3.8) is 0 Å². The highest BCUT2D eigenvalue weighted by Crippen LogP contribution is 2.20. The summed E-state index contributed by atoms with van der Waals surface area (Å²) >= 11 is 1.84. The average molecular weight is 357 g/mol. The van der Waals surface area contributed by atoms with Crippen LogP contribution in [0.1, 0.15) is 23.3 Å². The van der Waals surface area contributed by atoms with Gasteiger partial charge in [-0.05, 0) is 48.7 Å². The second-order valence-electron chi connectivity index (χ2n) is 6.71. The number of likely N-dealkylation sites (tertiary alicyclic amines) is 1. The standard InChI is InChI=1S/C20H28N4S/c21-20(22-11-10-17-6-2-1-3-7-17)23-14-18-8-4-12-24(15-18)16-19-9-5-13-25-19/h1-3,5-7,9,13,18H,4,8,10-12,14-16H2,(H3,21,22,23). The van der Waals surface area contributed by atoms with E-state index in [0.29, 0.717) is 11.9 Å². The SMILES string of the molecule is NC(=NCC1CCCN(Cc2cccs2)C1)NCCc1ccccc1. The van der Waals surface area contributed by atoms with E-state index >= 15 is 0 Å². The molecule has 3 rings (SSSR count). The van der Waals surface area contributed by atoms with Crippen LogP contribution in [0.25, 0.3) is 0 Å². The lowest BCUT2D eigenvalue weighted by atomic mass is 9.98. The molecule has 1 aliphatic rings. The van der Waals surface area contributed by atoms with E-state index < -0.39 is 0 Å². The largest absolute Gasteiger partial charge is 0.370 e. The highest BCUT2D eigenvalue weighted by atomic mass is 32.1. The second-order valence-corrected chi connectivity index (χ2v) is 7.74. The molecule has 1 atom stereocenters. The van der Waals surface area contributed by atoms with E-state index in [4.69, 9.17) is 5.73 Å². The molecule has 25 heavy (non-hydrogen) atoms. The van der Waals surface area contributed by atoms with Gasteiger partial charge in [0.05, 0.1) is 0 Å². The number of nitrogens with one attached hydrogen (secondary N) is 1. The van der Waals surface area contributed by atoms with Gasteiger partial charge in [0.25, 0.3) is 0 Å². The number of nitrogens with zero attached hydrogens (tertiary/aromatic N) is 2. The molecule has 0 radical (unpaired) electrons. The van der Waals surface area contributed by atoms with Crippen LogP contribution in [0.15, 0.2) is 52.8 Å². The van der Waals surface area contributed by atoms with Gasteiger partial charge in [-0.2, -0.15) is 0 Å². The Morgan fingerprint density at radius 3 is 2.92 bits per heavy atom. The highest BCUT2D eigenvalue weighted by molar-refractivity contribution is 7.09. The summed E-state index contributed by atoms with van der Waals surface area (Å²) < 4.78 is 0. The quantitative estimate of drug-likeness (QED) is 0.592.